The van der Waals surface area contributed by atoms with Gasteiger partial charge in [-0.25, -0.2) is 4.79 Å². The Morgan fingerprint density at radius 2 is 1.67 bits per heavy atom. The lowest BCUT2D eigenvalue weighted by Gasteiger charge is -2.11. The molecule has 4 aromatic rings. The van der Waals surface area contributed by atoms with E-state index in [9.17, 15) is 4.79 Å². The summed E-state index contributed by atoms with van der Waals surface area (Å²) in [6.45, 7) is 1.96. The summed E-state index contributed by atoms with van der Waals surface area (Å²) < 4.78 is 6.62. The predicted molar refractivity (Wildman–Crippen MR) is 112 cm³/mol. The summed E-state index contributed by atoms with van der Waals surface area (Å²) >= 11 is 2.21. The van der Waals surface area contributed by atoms with Crippen molar-refractivity contribution in [2.45, 2.75) is 6.92 Å². The Morgan fingerprint density at radius 3 is 2.33 bits per heavy atom. The summed E-state index contributed by atoms with van der Waals surface area (Å²) in [4.78, 5) is 13.8. The van der Waals surface area contributed by atoms with Gasteiger partial charge in [-0.1, -0.05) is 18.2 Å². The number of aromatic nitrogens is 3. The van der Waals surface area contributed by atoms with E-state index in [1.54, 1.807) is 6.07 Å². The molecule has 1 aromatic heterocycles. The van der Waals surface area contributed by atoms with E-state index < -0.39 is 6.09 Å². The Bertz CT molecular complexity index is 1090. The van der Waals surface area contributed by atoms with Gasteiger partial charge in [0, 0.05) is 9.26 Å². The van der Waals surface area contributed by atoms with Crippen molar-refractivity contribution in [2.75, 3.05) is 5.32 Å². The van der Waals surface area contributed by atoms with Crippen LogP contribution in [0.1, 0.15) is 5.56 Å². The fraction of sp³-hybridized carbons (Fsp3) is 0.0500. The molecule has 134 valence electrons. The van der Waals surface area contributed by atoms with Crippen molar-refractivity contribution in [2.24, 2.45) is 0 Å². The molecule has 6 nitrogen and oxygen atoms in total. The van der Waals surface area contributed by atoms with Gasteiger partial charge in [0.1, 0.15) is 16.7 Å². The Kier molecular flexibility index (Phi) is 4.76. The third-order valence-electron chi connectivity index (χ3n) is 3.91. The molecule has 3 aromatic carbocycles. The van der Waals surface area contributed by atoms with E-state index in [2.05, 4.69) is 38.1 Å². The summed E-state index contributed by atoms with van der Waals surface area (Å²) in [5.41, 5.74) is 3.82. The number of benzene rings is 3. The fourth-order valence-corrected chi connectivity index (χ4v) is 2.97. The van der Waals surface area contributed by atoms with Gasteiger partial charge in [0.05, 0.1) is 0 Å². The highest BCUT2D eigenvalue weighted by molar-refractivity contribution is 14.1. The van der Waals surface area contributed by atoms with Gasteiger partial charge >= 0.3 is 6.09 Å². The molecule has 0 saturated heterocycles. The first kappa shape index (κ1) is 17.5. The number of halogens is 1. The van der Waals surface area contributed by atoms with Crippen LogP contribution < -0.4 is 10.1 Å². The molecule has 0 saturated carbocycles. The van der Waals surface area contributed by atoms with Crippen molar-refractivity contribution in [1.29, 1.82) is 0 Å². The van der Waals surface area contributed by atoms with E-state index in [0.717, 1.165) is 20.2 Å². The second-order valence-electron chi connectivity index (χ2n) is 5.97. The average Bonchev–Trinajstić information content (AvgIpc) is 3.09. The highest BCUT2D eigenvalue weighted by Gasteiger charge is 2.14. The summed E-state index contributed by atoms with van der Waals surface area (Å²) in [6, 6.07) is 20.5. The normalized spacial score (nSPS) is 10.7. The van der Waals surface area contributed by atoms with Crippen molar-refractivity contribution in [3.8, 4) is 11.4 Å². The van der Waals surface area contributed by atoms with Crippen LogP contribution in [0.25, 0.3) is 16.7 Å². The molecule has 0 fully saturated rings. The Labute approximate surface area is 169 Å². The lowest BCUT2D eigenvalue weighted by atomic mass is 10.2. The Morgan fingerprint density at radius 1 is 1.00 bits per heavy atom. The molecule has 0 atom stereocenters. The van der Waals surface area contributed by atoms with Crippen molar-refractivity contribution in [3.05, 3.63) is 75.9 Å². The van der Waals surface area contributed by atoms with Crippen molar-refractivity contribution in [1.82, 2.24) is 15.0 Å². The number of aryl methyl sites for hydroxylation is 1. The van der Waals surface area contributed by atoms with Crippen LogP contribution in [0.3, 0.4) is 0 Å². The minimum Gasteiger partial charge on any atom is -0.408 e. The van der Waals surface area contributed by atoms with Crippen molar-refractivity contribution < 1.29 is 9.53 Å². The number of nitrogens with zero attached hydrogens (tertiary/aromatic N) is 3. The van der Waals surface area contributed by atoms with Crippen LogP contribution in [0.4, 0.5) is 10.5 Å². The van der Waals surface area contributed by atoms with Crippen LogP contribution in [-0.4, -0.2) is 21.1 Å². The maximum Gasteiger partial charge on any atom is 0.417 e. The molecular weight excluding hydrogens is 455 g/mol. The average molecular weight is 470 g/mol. The van der Waals surface area contributed by atoms with E-state index in [4.69, 9.17) is 4.74 Å². The van der Waals surface area contributed by atoms with Crippen molar-refractivity contribution >= 4 is 45.4 Å². The first-order valence-corrected chi connectivity index (χ1v) is 9.34. The van der Waals surface area contributed by atoms with Gasteiger partial charge < -0.3 is 4.74 Å². The third-order valence-corrected chi connectivity index (χ3v) is 4.63. The molecule has 1 heterocycles. The first-order chi connectivity index (χ1) is 13.1. The second kappa shape index (κ2) is 7.36. The molecule has 0 aliphatic carbocycles. The van der Waals surface area contributed by atoms with Gasteiger partial charge in [-0.05, 0) is 83.6 Å². The summed E-state index contributed by atoms with van der Waals surface area (Å²) in [5.74, 6) is 0.379. The minimum atomic E-state index is -0.571. The topological polar surface area (TPSA) is 69.0 Å². The zero-order chi connectivity index (χ0) is 18.8. The van der Waals surface area contributed by atoms with Gasteiger partial charge in [0.25, 0.3) is 0 Å². The van der Waals surface area contributed by atoms with Crippen molar-refractivity contribution in [3.63, 3.8) is 0 Å². The number of anilines is 1. The predicted octanol–water partition coefficient (Wildman–Crippen LogP) is 4.94. The van der Waals surface area contributed by atoms with Crippen LogP contribution in [0.5, 0.6) is 5.75 Å². The number of hydrogen-bond donors (Lipinski definition) is 1. The molecule has 0 spiro atoms. The lowest BCUT2D eigenvalue weighted by Crippen LogP contribution is -2.18. The zero-order valence-electron chi connectivity index (χ0n) is 14.4. The minimum absolute atomic E-state index is 0.379. The summed E-state index contributed by atoms with van der Waals surface area (Å²) in [6.07, 6.45) is -0.571. The molecule has 27 heavy (non-hydrogen) atoms. The number of amides is 1. The molecule has 4 rings (SSSR count). The van der Waals surface area contributed by atoms with Crippen LogP contribution >= 0.6 is 22.6 Å². The van der Waals surface area contributed by atoms with E-state index in [0.29, 0.717) is 17.1 Å². The molecule has 1 N–H and O–H groups in total. The second-order valence-corrected chi connectivity index (χ2v) is 7.22. The SMILES string of the molecule is Cc1ccc(OC(=O)Nc2ccc(I)cc2)c(-n2nc3ccccc3n2)c1. The van der Waals surface area contributed by atoms with Gasteiger partial charge in [0.2, 0.25) is 0 Å². The largest absolute Gasteiger partial charge is 0.417 e. The number of carbonyl (C=O) groups is 1. The van der Waals surface area contributed by atoms with Gasteiger partial charge in [-0.2, -0.15) is 0 Å². The van der Waals surface area contributed by atoms with Crippen LogP contribution in [0.15, 0.2) is 66.7 Å². The third kappa shape index (κ3) is 3.92. The Balaban J connectivity index is 1.63. The monoisotopic (exact) mass is 470 g/mol. The number of carbonyl (C=O) groups excluding carboxylic acids is 1. The maximum absolute atomic E-state index is 12.3. The molecule has 0 bridgehead atoms. The fourth-order valence-electron chi connectivity index (χ4n) is 2.61. The van der Waals surface area contributed by atoms with Gasteiger partial charge in [-0.15, -0.1) is 15.0 Å². The molecule has 1 amide bonds. The molecule has 7 heteroatoms. The van der Waals surface area contributed by atoms with Crippen LogP contribution in [0, 0.1) is 10.5 Å². The van der Waals surface area contributed by atoms with E-state index in [-0.39, 0.29) is 0 Å². The summed E-state index contributed by atoms with van der Waals surface area (Å²) in [5, 5.41) is 11.7. The van der Waals surface area contributed by atoms with Gasteiger partial charge in [-0.3, -0.25) is 5.32 Å². The number of rotatable bonds is 3. The number of fused-ring (bicyclic) bond motifs is 1. The highest BCUT2D eigenvalue weighted by atomic mass is 127. The van der Waals surface area contributed by atoms with E-state index in [1.807, 2.05) is 67.6 Å². The Hall–Kier alpha value is -2.94. The maximum atomic E-state index is 12.3. The van der Waals surface area contributed by atoms with Crippen LogP contribution in [0.2, 0.25) is 0 Å². The van der Waals surface area contributed by atoms with E-state index in [1.165, 1.54) is 4.80 Å². The quantitative estimate of drug-likeness (QED) is 0.431. The van der Waals surface area contributed by atoms with Gasteiger partial charge in [0.15, 0.2) is 5.75 Å². The number of ether oxygens (including phenoxy) is 1. The van der Waals surface area contributed by atoms with Crippen LogP contribution in [-0.2, 0) is 0 Å². The molecule has 0 aliphatic heterocycles. The molecule has 0 radical (unpaired) electrons. The standard InChI is InChI=1S/C20H15IN4O2/c1-13-6-11-19(27-20(26)22-15-9-7-14(21)8-10-15)18(12-13)25-23-16-4-2-3-5-17(16)24-25/h2-12H,1H3,(H,22,26). The molecular formula is C20H15IN4O2. The molecule has 0 aliphatic rings. The first-order valence-electron chi connectivity index (χ1n) is 8.26. The number of hydrogen-bond acceptors (Lipinski definition) is 4. The molecule has 0 unspecified atom stereocenters. The summed E-state index contributed by atoms with van der Waals surface area (Å²) in [7, 11) is 0. The number of nitrogens with one attached hydrogen (secondary N) is 1. The zero-order valence-corrected chi connectivity index (χ0v) is 16.5. The smallest absolute Gasteiger partial charge is 0.408 e. The lowest BCUT2D eigenvalue weighted by molar-refractivity contribution is 0.215. The van der Waals surface area contributed by atoms with E-state index >= 15 is 0 Å². The highest BCUT2D eigenvalue weighted by Crippen LogP contribution is 2.25.